The Morgan fingerprint density at radius 3 is 2.31 bits per heavy atom. The average molecular weight is 342 g/mol. The molecular weight excluding hydrogens is 320 g/mol. The zero-order valence-electron chi connectivity index (χ0n) is 15.3. The van der Waals surface area contributed by atoms with E-state index < -0.39 is 0 Å². The van der Waals surface area contributed by atoms with Gasteiger partial charge in [0.2, 0.25) is 0 Å². The predicted octanol–water partition coefficient (Wildman–Crippen LogP) is 5.04. The van der Waals surface area contributed by atoms with Crippen LogP contribution in [0.4, 0.5) is 0 Å². The summed E-state index contributed by atoms with van der Waals surface area (Å²) in [6.07, 6.45) is 6.30. The highest BCUT2D eigenvalue weighted by molar-refractivity contribution is 5.75. The highest BCUT2D eigenvalue weighted by Crippen LogP contribution is 2.24. The van der Waals surface area contributed by atoms with Crippen LogP contribution in [0.15, 0.2) is 55.0 Å². The fraction of sp³-hybridized carbons (Fsp3) is 0.273. The number of aromatic nitrogens is 4. The summed E-state index contributed by atoms with van der Waals surface area (Å²) in [6.45, 7) is 6.53. The van der Waals surface area contributed by atoms with Crippen molar-refractivity contribution in [2.45, 2.75) is 39.0 Å². The van der Waals surface area contributed by atoms with Crippen LogP contribution in [0.25, 0.3) is 22.1 Å². The van der Waals surface area contributed by atoms with Gasteiger partial charge in [-0.3, -0.25) is 15.0 Å². The van der Waals surface area contributed by atoms with E-state index in [0.717, 1.165) is 34.2 Å². The Bertz CT molecular complexity index is 1070. The van der Waals surface area contributed by atoms with Crippen molar-refractivity contribution in [1.29, 1.82) is 0 Å². The van der Waals surface area contributed by atoms with Crippen molar-refractivity contribution in [3.05, 3.63) is 71.8 Å². The van der Waals surface area contributed by atoms with E-state index in [-0.39, 0.29) is 0 Å². The second-order valence-electron chi connectivity index (χ2n) is 7.18. The van der Waals surface area contributed by atoms with Gasteiger partial charge in [-0.1, -0.05) is 32.9 Å². The molecule has 0 fully saturated rings. The highest BCUT2D eigenvalue weighted by Gasteiger charge is 2.10. The summed E-state index contributed by atoms with van der Waals surface area (Å²) >= 11 is 0. The first-order valence-corrected chi connectivity index (χ1v) is 9.06. The van der Waals surface area contributed by atoms with Crippen molar-refractivity contribution in [1.82, 2.24) is 19.9 Å². The van der Waals surface area contributed by atoms with Crippen LogP contribution in [0.5, 0.6) is 0 Å². The first-order valence-electron chi connectivity index (χ1n) is 9.06. The van der Waals surface area contributed by atoms with E-state index >= 15 is 0 Å². The summed E-state index contributed by atoms with van der Waals surface area (Å²) in [7, 11) is 0. The average Bonchev–Trinajstić information content (AvgIpc) is 2.67. The van der Waals surface area contributed by atoms with Crippen LogP contribution in [0.1, 0.15) is 49.4 Å². The van der Waals surface area contributed by atoms with Gasteiger partial charge < -0.3 is 0 Å². The minimum absolute atomic E-state index is 0.383. The third-order valence-corrected chi connectivity index (χ3v) is 4.82. The SMILES string of the molecule is CC(C)c1cnc2ccc(C[C@H](C)c3ccc4nccnc4c3)cc2n1. The molecule has 0 amide bonds. The summed E-state index contributed by atoms with van der Waals surface area (Å²) in [6, 6.07) is 12.7. The maximum Gasteiger partial charge on any atom is 0.0892 e. The van der Waals surface area contributed by atoms with E-state index in [9.17, 15) is 0 Å². The molecule has 2 aromatic carbocycles. The lowest BCUT2D eigenvalue weighted by Crippen LogP contribution is -2.00. The summed E-state index contributed by atoms with van der Waals surface area (Å²) in [4.78, 5) is 18.1. The normalized spacial score (nSPS) is 12.8. The van der Waals surface area contributed by atoms with E-state index in [1.54, 1.807) is 12.4 Å². The molecule has 2 aromatic heterocycles. The number of rotatable bonds is 4. The Morgan fingerprint density at radius 1 is 0.769 bits per heavy atom. The molecule has 0 aliphatic heterocycles. The van der Waals surface area contributed by atoms with Crippen molar-refractivity contribution in [3.63, 3.8) is 0 Å². The molecule has 4 nitrogen and oxygen atoms in total. The molecule has 4 heteroatoms. The molecule has 0 radical (unpaired) electrons. The molecule has 0 spiro atoms. The van der Waals surface area contributed by atoms with Crippen LogP contribution in [-0.2, 0) is 6.42 Å². The Morgan fingerprint density at radius 2 is 1.50 bits per heavy atom. The third-order valence-electron chi connectivity index (χ3n) is 4.82. The van der Waals surface area contributed by atoms with Gasteiger partial charge in [-0.15, -0.1) is 0 Å². The first kappa shape index (κ1) is 16.6. The highest BCUT2D eigenvalue weighted by atomic mass is 14.8. The number of hydrogen-bond donors (Lipinski definition) is 0. The molecule has 0 bridgehead atoms. The molecule has 26 heavy (non-hydrogen) atoms. The maximum atomic E-state index is 4.78. The number of hydrogen-bond acceptors (Lipinski definition) is 4. The minimum atomic E-state index is 0.383. The fourth-order valence-electron chi connectivity index (χ4n) is 3.23. The second-order valence-corrected chi connectivity index (χ2v) is 7.18. The molecule has 0 saturated carbocycles. The van der Waals surface area contributed by atoms with Crippen molar-refractivity contribution in [2.24, 2.45) is 0 Å². The molecule has 0 aliphatic rings. The van der Waals surface area contributed by atoms with Crippen molar-refractivity contribution >= 4 is 22.1 Å². The van der Waals surface area contributed by atoms with E-state index in [0.29, 0.717) is 11.8 Å². The van der Waals surface area contributed by atoms with Gasteiger partial charge in [0.1, 0.15) is 0 Å². The molecule has 2 heterocycles. The van der Waals surface area contributed by atoms with Gasteiger partial charge in [0.15, 0.2) is 0 Å². The Hall–Kier alpha value is -2.88. The van der Waals surface area contributed by atoms with Crippen LogP contribution >= 0.6 is 0 Å². The van der Waals surface area contributed by atoms with Gasteiger partial charge in [0, 0.05) is 18.6 Å². The van der Waals surface area contributed by atoms with Gasteiger partial charge in [-0.05, 0) is 53.6 Å². The van der Waals surface area contributed by atoms with Crippen molar-refractivity contribution < 1.29 is 0 Å². The summed E-state index contributed by atoms with van der Waals surface area (Å²) in [5, 5.41) is 0. The minimum Gasteiger partial charge on any atom is -0.253 e. The van der Waals surface area contributed by atoms with Crippen LogP contribution in [0, 0.1) is 0 Å². The summed E-state index contributed by atoms with van der Waals surface area (Å²) in [5.74, 6) is 0.772. The Balaban J connectivity index is 1.62. The fourth-order valence-corrected chi connectivity index (χ4v) is 3.23. The van der Waals surface area contributed by atoms with E-state index in [2.05, 4.69) is 72.1 Å². The van der Waals surface area contributed by atoms with Crippen LogP contribution in [0.2, 0.25) is 0 Å². The van der Waals surface area contributed by atoms with Gasteiger partial charge in [-0.25, -0.2) is 4.98 Å². The summed E-state index contributed by atoms with van der Waals surface area (Å²) < 4.78 is 0. The third kappa shape index (κ3) is 3.27. The topological polar surface area (TPSA) is 51.6 Å². The monoisotopic (exact) mass is 342 g/mol. The quantitative estimate of drug-likeness (QED) is 0.521. The molecule has 4 rings (SSSR count). The molecule has 0 saturated heterocycles. The smallest absolute Gasteiger partial charge is 0.0892 e. The van der Waals surface area contributed by atoms with Gasteiger partial charge >= 0.3 is 0 Å². The standard InChI is InChI=1S/C22H22N4/c1-14(2)22-13-25-19-6-4-16(11-21(19)26-22)10-15(3)17-5-7-18-20(12-17)24-9-8-23-18/h4-9,11-15H,10H2,1-3H3/t15-/m0/s1. The Labute approximate surface area is 153 Å². The van der Waals surface area contributed by atoms with E-state index in [1.165, 1.54) is 11.1 Å². The van der Waals surface area contributed by atoms with Crippen LogP contribution in [0.3, 0.4) is 0 Å². The van der Waals surface area contributed by atoms with Crippen LogP contribution in [-0.4, -0.2) is 19.9 Å². The Kier molecular flexibility index (Phi) is 4.33. The molecule has 4 aromatic rings. The van der Waals surface area contributed by atoms with Crippen molar-refractivity contribution in [3.8, 4) is 0 Å². The summed E-state index contributed by atoms with van der Waals surface area (Å²) in [5.41, 5.74) is 7.40. The van der Waals surface area contributed by atoms with Crippen LogP contribution < -0.4 is 0 Å². The largest absolute Gasteiger partial charge is 0.253 e. The molecule has 0 N–H and O–H groups in total. The lowest BCUT2D eigenvalue weighted by molar-refractivity contribution is 0.760. The van der Waals surface area contributed by atoms with Gasteiger partial charge in [0.05, 0.1) is 27.8 Å². The molecule has 0 aliphatic carbocycles. The van der Waals surface area contributed by atoms with E-state index in [4.69, 9.17) is 4.98 Å². The van der Waals surface area contributed by atoms with E-state index in [1.807, 2.05) is 6.20 Å². The molecule has 130 valence electrons. The zero-order chi connectivity index (χ0) is 18.1. The lowest BCUT2D eigenvalue weighted by atomic mass is 9.93. The first-order chi connectivity index (χ1) is 12.6. The maximum absolute atomic E-state index is 4.78. The molecule has 1 atom stereocenters. The second kappa shape index (κ2) is 6.79. The molecule has 0 unspecified atom stereocenters. The predicted molar refractivity (Wildman–Crippen MR) is 105 cm³/mol. The number of benzene rings is 2. The molecular formula is C22H22N4. The number of fused-ring (bicyclic) bond motifs is 2. The lowest BCUT2D eigenvalue weighted by Gasteiger charge is -2.13. The van der Waals surface area contributed by atoms with Gasteiger partial charge in [-0.2, -0.15) is 0 Å². The number of nitrogens with zero attached hydrogens (tertiary/aromatic N) is 4. The zero-order valence-corrected chi connectivity index (χ0v) is 15.3. The van der Waals surface area contributed by atoms with Gasteiger partial charge in [0.25, 0.3) is 0 Å². The van der Waals surface area contributed by atoms with Crippen molar-refractivity contribution in [2.75, 3.05) is 0 Å².